The largest absolute Gasteiger partial charge is 0.487 e. The molecule has 2 N–H and O–H groups in total. The van der Waals surface area contributed by atoms with Gasteiger partial charge >= 0.3 is 0 Å². The molecule has 2 heterocycles. The first-order valence-electron chi connectivity index (χ1n) is 17.1. The molecule has 3 atom stereocenters. The first kappa shape index (κ1) is 37.1. The number of H-pyrrole nitrogens is 1. The van der Waals surface area contributed by atoms with E-state index in [2.05, 4.69) is 95.3 Å². The van der Waals surface area contributed by atoms with Crippen molar-refractivity contribution in [3.05, 3.63) is 41.3 Å². The molecule has 0 bridgehead atoms. The number of hydrogen-bond donors (Lipinski definition) is 2. The van der Waals surface area contributed by atoms with Crippen molar-refractivity contribution in [1.29, 1.82) is 0 Å². The van der Waals surface area contributed by atoms with Gasteiger partial charge in [-0.3, -0.25) is 5.10 Å². The standard InChI is InChI=1S/C36H61N5O3S/c1-12-13-14-15-16-17-18-19-20-26(2)43-29-22-21-28(36(10,11)25-34(4,5)6)23-30(29)44-45(42)40-27(3)33-38-37-32-24-31(35(7,8)9)39-41(32)33/h21-24,26-27,39-40H,12-20,25H2,1-11H3. The van der Waals surface area contributed by atoms with Gasteiger partial charge in [0, 0.05) is 17.2 Å². The first-order chi connectivity index (χ1) is 21.0. The smallest absolute Gasteiger partial charge is 0.288 e. The number of hydrogen-bond acceptors (Lipinski definition) is 5. The summed E-state index contributed by atoms with van der Waals surface area (Å²) < 4.78 is 30.9. The summed E-state index contributed by atoms with van der Waals surface area (Å²) in [5.41, 5.74) is 2.89. The fourth-order valence-electron chi connectivity index (χ4n) is 6.13. The van der Waals surface area contributed by atoms with Gasteiger partial charge in [0.15, 0.2) is 23.0 Å². The van der Waals surface area contributed by atoms with Crippen LogP contribution in [0.3, 0.4) is 0 Å². The monoisotopic (exact) mass is 643 g/mol. The molecule has 0 fully saturated rings. The number of ether oxygens (including phenoxy) is 1. The number of fused-ring (bicyclic) bond motifs is 1. The molecule has 0 saturated carbocycles. The Morgan fingerprint density at radius 2 is 1.53 bits per heavy atom. The second kappa shape index (κ2) is 15.9. The van der Waals surface area contributed by atoms with Crippen LogP contribution in [0.4, 0.5) is 0 Å². The molecule has 0 saturated heterocycles. The number of aromatic amines is 1. The van der Waals surface area contributed by atoms with Gasteiger partial charge in [-0.2, -0.15) is 8.93 Å². The van der Waals surface area contributed by atoms with Gasteiger partial charge in [-0.1, -0.05) is 113 Å². The maximum absolute atomic E-state index is 13.4. The van der Waals surface area contributed by atoms with Crippen molar-refractivity contribution in [3.8, 4) is 11.5 Å². The maximum atomic E-state index is 13.4. The Morgan fingerprint density at radius 3 is 2.16 bits per heavy atom. The Morgan fingerprint density at radius 1 is 0.889 bits per heavy atom. The van der Waals surface area contributed by atoms with Gasteiger partial charge in [0.25, 0.3) is 11.3 Å². The molecular weight excluding hydrogens is 582 g/mol. The van der Waals surface area contributed by atoms with Crippen LogP contribution in [0.2, 0.25) is 0 Å². The van der Waals surface area contributed by atoms with Gasteiger partial charge in [-0.15, -0.1) is 10.2 Å². The van der Waals surface area contributed by atoms with Crippen LogP contribution in [-0.2, 0) is 22.1 Å². The van der Waals surface area contributed by atoms with Crippen LogP contribution in [0, 0.1) is 5.41 Å². The minimum Gasteiger partial charge on any atom is -0.487 e. The Balaban J connectivity index is 1.72. The molecule has 0 amide bonds. The van der Waals surface area contributed by atoms with Crippen LogP contribution in [0.1, 0.15) is 163 Å². The van der Waals surface area contributed by atoms with Crippen molar-refractivity contribution in [2.45, 2.75) is 163 Å². The summed E-state index contributed by atoms with van der Waals surface area (Å²) in [6.07, 6.45) is 12.3. The Bertz CT molecular complexity index is 1370. The van der Waals surface area contributed by atoms with Gasteiger partial charge in [0.1, 0.15) is 0 Å². The van der Waals surface area contributed by atoms with E-state index in [4.69, 9.17) is 8.92 Å². The Kier molecular flexibility index (Phi) is 13.1. The predicted molar refractivity (Wildman–Crippen MR) is 187 cm³/mol. The lowest BCUT2D eigenvalue weighted by Crippen LogP contribution is -2.27. The quantitative estimate of drug-likeness (QED) is 0.135. The van der Waals surface area contributed by atoms with Crippen molar-refractivity contribution < 1.29 is 13.1 Å². The highest BCUT2D eigenvalue weighted by molar-refractivity contribution is 7.78. The molecule has 3 aromatic rings. The first-order valence-corrected chi connectivity index (χ1v) is 18.2. The molecule has 9 heteroatoms. The van der Waals surface area contributed by atoms with Crippen LogP contribution in [0.25, 0.3) is 5.65 Å². The zero-order chi connectivity index (χ0) is 33.4. The van der Waals surface area contributed by atoms with Crippen LogP contribution < -0.4 is 13.6 Å². The third-order valence-corrected chi connectivity index (χ3v) is 9.22. The molecule has 0 radical (unpaired) electrons. The molecule has 0 spiro atoms. The van der Waals surface area contributed by atoms with Crippen molar-refractivity contribution in [2.75, 3.05) is 0 Å². The molecule has 3 unspecified atom stereocenters. The van der Waals surface area contributed by atoms with Crippen molar-refractivity contribution in [1.82, 2.24) is 24.5 Å². The van der Waals surface area contributed by atoms with Crippen molar-refractivity contribution >= 4 is 16.9 Å². The average Bonchev–Trinajstić information content (AvgIpc) is 3.51. The average molecular weight is 644 g/mol. The normalized spacial score (nSPS) is 14.9. The highest BCUT2D eigenvalue weighted by Crippen LogP contribution is 2.40. The van der Waals surface area contributed by atoms with Gasteiger partial charge < -0.3 is 8.92 Å². The van der Waals surface area contributed by atoms with E-state index in [1.54, 1.807) is 0 Å². The number of unbranched alkanes of at least 4 members (excludes halogenated alkanes) is 7. The topological polar surface area (TPSA) is 93.5 Å². The number of aromatic nitrogens is 4. The molecular formula is C36H61N5O3S. The van der Waals surface area contributed by atoms with Crippen LogP contribution in [-0.4, -0.2) is 30.1 Å². The summed E-state index contributed by atoms with van der Waals surface area (Å²) in [4.78, 5) is 0. The third-order valence-electron chi connectivity index (χ3n) is 8.34. The number of nitrogens with zero attached hydrogens (tertiary/aromatic N) is 3. The fourth-order valence-corrected chi connectivity index (χ4v) is 6.86. The SMILES string of the molecule is CCCCCCCCCCC(C)Oc1ccc(C(C)(C)CC(C)(C)C)cc1OS(=O)NC(C)c1nnc2cc(C(C)(C)C)[nH]n12. The van der Waals surface area contributed by atoms with Gasteiger partial charge in [-0.05, 0) is 61.6 Å². The highest BCUT2D eigenvalue weighted by Gasteiger charge is 2.29. The summed E-state index contributed by atoms with van der Waals surface area (Å²) in [6.45, 7) is 24.0. The molecule has 3 rings (SSSR count). The summed E-state index contributed by atoms with van der Waals surface area (Å²) >= 11 is -1.86. The van der Waals surface area contributed by atoms with Crippen LogP contribution in [0.15, 0.2) is 24.3 Å². The molecule has 45 heavy (non-hydrogen) atoms. The Hall–Kier alpha value is -2.39. The highest BCUT2D eigenvalue weighted by atomic mass is 32.2. The van der Waals surface area contributed by atoms with E-state index in [0.717, 1.165) is 36.2 Å². The second-order valence-corrected chi connectivity index (χ2v) is 16.7. The lowest BCUT2D eigenvalue weighted by atomic mass is 9.72. The van der Waals surface area contributed by atoms with Gasteiger partial charge in [0.05, 0.1) is 12.1 Å². The molecule has 0 aliphatic heterocycles. The molecule has 254 valence electrons. The van der Waals surface area contributed by atoms with E-state index < -0.39 is 17.3 Å². The van der Waals surface area contributed by atoms with Gasteiger partial charge in [-0.25, -0.2) is 4.52 Å². The van der Waals surface area contributed by atoms with Crippen LogP contribution >= 0.6 is 0 Å². The number of rotatable bonds is 18. The van der Waals surface area contributed by atoms with E-state index in [9.17, 15) is 4.21 Å². The molecule has 2 aromatic heterocycles. The van der Waals surface area contributed by atoms with E-state index in [1.165, 1.54) is 44.9 Å². The summed E-state index contributed by atoms with van der Waals surface area (Å²) in [5.74, 6) is 1.73. The van der Waals surface area contributed by atoms with E-state index in [0.29, 0.717) is 17.3 Å². The van der Waals surface area contributed by atoms with Crippen molar-refractivity contribution in [2.24, 2.45) is 5.41 Å². The van der Waals surface area contributed by atoms with Gasteiger partial charge in [0.2, 0.25) is 0 Å². The summed E-state index contributed by atoms with van der Waals surface area (Å²) in [6, 6.07) is 7.72. The molecule has 8 nitrogen and oxygen atoms in total. The predicted octanol–water partition coefficient (Wildman–Crippen LogP) is 9.68. The molecule has 0 aliphatic carbocycles. The van der Waals surface area contributed by atoms with E-state index in [1.807, 2.05) is 29.6 Å². The maximum Gasteiger partial charge on any atom is 0.288 e. The zero-order valence-electron chi connectivity index (χ0n) is 30.0. The number of benzene rings is 1. The van der Waals surface area contributed by atoms with E-state index >= 15 is 0 Å². The minimum absolute atomic E-state index is 0.0235. The lowest BCUT2D eigenvalue weighted by molar-refractivity contribution is 0.201. The summed E-state index contributed by atoms with van der Waals surface area (Å²) in [5, 5.41) is 12.0. The molecule has 0 aliphatic rings. The van der Waals surface area contributed by atoms with Crippen LogP contribution in [0.5, 0.6) is 11.5 Å². The third kappa shape index (κ3) is 11.4. The van der Waals surface area contributed by atoms with E-state index in [-0.39, 0.29) is 22.3 Å². The second-order valence-electron chi connectivity index (χ2n) is 15.8. The minimum atomic E-state index is -1.86. The van der Waals surface area contributed by atoms with Crippen molar-refractivity contribution in [3.63, 3.8) is 0 Å². The molecule has 1 aromatic carbocycles. The number of nitrogens with one attached hydrogen (secondary N) is 2. The lowest BCUT2D eigenvalue weighted by Gasteiger charge is -2.33. The zero-order valence-corrected chi connectivity index (χ0v) is 30.8. The summed E-state index contributed by atoms with van der Waals surface area (Å²) in [7, 11) is 0. The fraction of sp³-hybridized carbons (Fsp3) is 0.722. The Labute approximate surface area is 275 Å².